The molecular formula is C21H26N2O5S. The number of nitrogens with one attached hydrogen (secondary N) is 1. The summed E-state index contributed by atoms with van der Waals surface area (Å²) in [6.07, 6.45) is 3.62. The molecule has 7 nitrogen and oxygen atoms in total. The molecule has 1 heterocycles. The molecule has 0 unspecified atom stereocenters. The van der Waals surface area contributed by atoms with Crippen molar-refractivity contribution in [3.05, 3.63) is 71.5 Å². The molecule has 0 aromatic heterocycles. The predicted molar refractivity (Wildman–Crippen MR) is 111 cm³/mol. The van der Waals surface area contributed by atoms with E-state index in [9.17, 15) is 23.1 Å². The van der Waals surface area contributed by atoms with Crippen LogP contribution in [0.1, 0.15) is 37.6 Å². The van der Waals surface area contributed by atoms with Crippen LogP contribution in [-0.2, 0) is 15.0 Å². The van der Waals surface area contributed by atoms with Crippen LogP contribution in [0.25, 0.3) is 0 Å². The first kappa shape index (κ1) is 22.6. The highest BCUT2D eigenvalue weighted by molar-refractivity contribution is 7.88. The number of amides is 1. The molecule has 0 atom stereocenters. The minimum absolute atomic E-state index is 0.0167. The molecule has 1 fully saturated rings. The number of aliphatic hydroxyl groups excluding tert-OH is 1. The van der Waals surface area contributed by atoms with E-state index in [-0.39, 0.29) is 30.2 Å². The third kappa shape index (κ3) is 5.65. The molecule has 2 rings (SSSR count). The number of hydrogen-bond acceptors (Lipinski definition) is 5. The SMILES string of the molecule is C=C(CN1CC(=O)NS1(=O)=O)/C(O)=C\C(=C/C)CC(C)(C)C(=O)c1ccccc1. The van der Waals surface area contributed by atoms with Crippen LogP contribution in [0, 0.1) is 5.41 Å². The molecule has 156 valence electrons. The minimum atomic E-state index is -3.89. The number of ketones is 1. The molecule has 0 spiro atoms. The average Bonchev–Trinajstić information content (AvgIpc) is 2.91. The van der Waals surface area contributed by atoms with E-state index in [1.807, 2.05) is 36.8 Å². The molecule has 0 aliphatic carbocycles. The van der Waals surface area contributed by atoms with Gasteiger partial charge in [-0.05, 0) is 25.0 Å². The molecule has 2 N–H and O–H groups in total. The van der Waals surface area contributed by atoms with Gasteiger partial charge in [0, 0.05) is 23.1 Å². The van der Waals surface area contributed by atoms with Crippen molar-refractivity contribution in [3.8, 4) is 0 Å². The van der Waals surface area contributed by atoms with Crippen molar-refractivity contribution in [1.29, 1.82) is 0 Å². The summed E-state index contributed by atoms with van der Waals surface area (Å²) in [5, 5.41) is 10.4. The molecule has 29 heavy (non-hydrogen) atoms. The van der Waals surface area contributed by atoms with Crippen LogP contribution >= 0.6 is 0 Å². The second-order valence-electron chi connectivity index (χ2n) is 7.55. The number of carbonyl (C=O) groups excluding carboxylic acids is 2. The Morgan fingerprint density at radius 2 is 1.93 bits per heavy atom. The van der Waals surface area contributed by atoms with Crippen molar-refractivity contribution in [3.63, 3.8) is 0 Å². The molecule has 0 saturated carbocycles. The highest BCUT2D eigenvalue weighted by atomic mass is 32.2. The second-order valence-corrected chi connectivity index (χ2v) is 9.22. The number of nitrogens with zero attached hydrogens (tertiary/aromatic N) is 1. The Morgan fingerprint density at radius 1 is 1.31 bits per heavy atom. The minimum Gasteiger partial charge on any atom is -0.508 e. The van der Waals surface area contributed by atoms with Gasteiger partial charge in [0.2, 0.25) is 5.91 Å². The summed E-state index contributed by atoms with van der Waals surface area (Å²) < 4.78 is 26.4. The van der Waals surface area contributed by atoms with Crippen molar-refractivity contribution in [2.75, 3.05) is 13.1 Å². The van der Waals surface area contributed by atoms with Crippen LogP contribution in [0.15, 0.2) is 66.0 Å². The predicted octanol–water partition coefficient (Wildman–Crippen LogP) is 2.91. The summed E-state index contributed by atoms with van der Waals surface area (Å²) in [4.78, 5) is 24.1. The molecular weight excluding hydrogens is 392 g/mol. The fraction of sp³-hybridized carbons (Fsp3) is 0.333. The molecule has 1 aliphatic rings. The normalized spacial score (nSPS) is 17.8. The lowest BCUT2D eigenvalue weighted by molar-refractivity contribution is -0.118. The van der Waals surface area contributed by atoms with Gasteiger partial charge in [0.1, 0.15) is 5.76 Å². The Balaban J connectivity index is 2.11. The second kappa shape index (κ2) is 8.75. The summed E-state index contributed by atoms with van der Waals surface area (Å²) in [6, 6.07) is 8.99. The van der Waals surface area contributed by atoms with Gasteiger partial charge in [0.25, 0.3) is 0 Å². The fourth-order valence-corrected chi connectivity index (χ4v) is 4.10. The first-order valence-corrected chi connectivity index (χ1v) is 10.5. The molecule has 8 heteroatoms. The summed E-state index contributed by atoms with van der Waals surface area (Å²) in [7, 11) is -3.89. The van der Waals surface area contributed by atoms with Gasteiger partial charge in [-0.3, -0.25) is 9.59 Å². The van der Waals surface area contributed by atoms with Crippen LogP contribution in [0.4, 0.5) is 0 Å². The quantitative estimate of drug-likeness (QED) is 0.384. The zero-order valence-electron chi connectivity index (χ0n) is 16.8. The lowest BCUT2D eigenvalue weighted by atomic mass is 9.78. The van der Waals surface area contributed by atoms with Crippen molar-refractivity contribution < 1.29 is 23.1 Å². The van der Waals surface area contributed by atoms with E-state index in [4.69, 9.17) is 0 Å². The van der Waals surface area contributed by atoms with Gasteiger partial charge in [0.15, 0.2) is 5.78 Å². The van der Waals surface area contributed by atoms with Gasteiger partial charge in [-0.2, -0.15) is 12.7 Å². The van der Waals surface area contributed by atoms with Crippen molar-refractivity contribution in [1.82, 2.24) is 9.03 Å². The summed E-state index contributed by atoms with van der Waals surface area (Å²) >= 11 is 0. The summed E-state index contributed by atoms with van der Waals surface area (Å²) in [5.74, 6) is -0.843. The maximum Gasteiger partial charge on any atom is 0.304 e. The Kier molecular flexibility index (Phi) is 6.81. The van der Waals surface area contributed by atoms with E-state index in [2.05, 4.69) is 6.58 Å². The van der Waals surface area contributed by atoms with Crippen LogP contribution in [0.3, 0.4) is 0 Å². The van der Waals surface area contributed by atoms with Gasteiger partial charge in [-0.25, -0.2) is 4.72 Å². The number of carbonyl (C=O) groups is 2. The Hall–Kier alpha value is -2.71. The van der Waals surface area contributed by atoms with Gasteiger partial charge in [0.05, 0.1) is 6.54 Å². The number of benzene rings is 1. The Labute approximate surface area is 171 Å². The van der Waals surface area contributed by atoms with E-state index >= 15 is 0 Å². The third-order valence-corrected chi connectivity index (χ3v) is 6.05. The van der Waals surface area contributed by atoms with Crippen molar-refractivity contribution >= 4 is 21.9 Å². The van der Waals surface area contributed by atoms with Crippen LogP contribution in [0.2, 0.25) is 0 Å². The summed E-state index contributed by atoms with van der Waals surface area (Å²) in [5.41, 5.74) is 0.755. The molecule has 0 bridgehead atoms. The lowest BCUT2D eigenvalue weighted by Gasteiger charge is -2.24. The van der Waals surface area contributed by atoms with Gasteiger partial charge in [-0.15, -0.1) is 0 Å². The molecule has 1 aromatic carbocycles. The maximum absolute atomic E-state index is 12.8. The molecule has 1 amide bonds. The van der Waals surface area contributed by atoms with Crippen LogP contribution < -0.4 is 4.72 Å². The zero-order chi connectivity index (χ0) is 21.8. The number of rotatable bonds is 8. The van der Waals surface area contributed by atoms with Crippen LogP contribution in [-0.4, -0.2) is 42.6 Å². The summed E-state index contributed by atoms with van der Waals surface area (Å²) in [6.45, 7) is 8.64. The van der Waals surface area contributed by atoms with Crippen molar-refractivity contribution in [2.45, 2.75) is 27.2 Å². The molecule has 1 aromatic rings. The lowest BCUT2D eigenvalue weighted by Crippen LogP contribution is -2.31. The zero-order valence-corrected chi connectivity index (χ0v) is 17.6. The monoisotopic (exact) mass is 418 g/mol. The average molecular weight is 419 g/mol. The number of aliphatic hydroxyl groups is 1. The van der Waals surface area contributed by atoms with E-state index in [0.29, 0.717) is 17.6 Å². The smallest absolute Gasteiger partial charge is 0.304 e. The van der Waals surface area contributed by atoms with Crippen molar-refractivity contribution in [2.24, 2.45) is 5.41 Å². The number of hydrogen-bond donors (Lipinski definition) is 2. The van der Waals surface area contributed by atoms with Gasteiger partial charge < -0.3 is 5.11 Å². The van der Waals surface area contributed by atoms with E-state index in [1.54, 1.807) is 25.1 Å². The molecule has 1 saturated heterocycles. The topological polar surface area (TPSA) is 104 Å². The molecule has 0 radical (unpaired) electrons. The first-order chi connectivity index (χ1) is 13.5. The Morgan fingerprint density at radius 3 is 2.45 bits per heavy atom. The molecule has 1 aliphatic heterocycles. The Bertz CT molecular complexity index is 976. The van der Waals surface area contributed by atoms with Crippen LogP contribution in [0.5, 0.6) is 0 Å². The maximum atomic E-state index is 12.8. The van der Waals surface area contributed by atoms with Gasteiger partial charge in [-0.1, -0.05) is 56.8 Å². The number of allylic oxidation sites excluding steroid dienone is 3. The highest BCUT2D eigenvalue weighted by Gasteiger charge is 2.34. The van der Waals surface area contributed by atoms with E-state index in [1.165, 1.54) is 6.08 Å². The first-order valence-electron chi connectivity index (χ1n) is 9.11. The standard InChI is InChI=1S/C21H26N2O5S/c1-5-16(12-21(3,4)20(26)17-9-7-6-8-10-17)11-18(24)15(2)13-23-14-19(25)22-29(23,27)28/h5-11,24H,2,12-14H2,1,3-4H3,(H,22,25)/b16-5+,18-11+. The van der Waals surface area contributed by atoms with E-state index < -0.39 is 21.5 Å². The number of Topliss-reactive ketones (excluding diaryl/α,β-unsaturated/α-hetero) is 1. The largest absolute Gasteiger partial charge is 0.508 e. The van der Waals surface area contributed by atoms with E-state index in [0.717, 1.165) is 4.31 Å². The highest BCUT2D eigenvalue weighted by Crippen LogP contribution is 2.31. The van der Waals surface area contributed by atoms with Gasteiger partial charge >= 0.3 is 10.2 Å². The fourth-order valence-electron chi connectivity index (χ4n) is 3.01. The third-order valence-electron chi connectivity index (χ3n) is 4.62.